The summed E-state index contributed by atoms with van der Waals surface area (Å²) in [5.41, 5.74) is 0.677. The van der Waals surface area contributed by atoms with Crippen LogP contribution in [0.3, 0.4) is 0 Å². The molecule has 0 radical (unpaired) electrons. The fraction of sp³-hybridized carbons (Fsp3) is 0.500. The van der Waals surface area contributed by atoms with Crippen molar-refractivity contribution < 1.29 is 9.84 Å². The van der Waals surface area contributed by atoms with Gasteiger partial charge >= 0.3 is 0 Å². The van der Waals surface area contributed by atoms with Crippen LogP contribution in [0.25, 0.3) is 6.08 Å². The number of aromatic nitrogens is 1. The zero-order valence-corrected chi connectivity index (χ0v) is 11.5. The van der Waals surface area contributed by atoms with Gasteiger partial charge in [-0.05, 0) is 34.2 Å². The molecular weight excluding hydrogens is 228 g/mol. The third kappa shape index (κ3) is 4.37. The SMILES string of the molecule is CNC(C)CC=Cc1cncc(OC(C)C)c1O. The molecule has 100 valence electrons. The van der Waals surface area contributed by atoms with Crippen LogP contribution in [0, 0.1) is 0 Å². The number of hydrogen-bond donors (Lipinski definition) is 2. The lowest BCUT2D eigenvalue weighted by atomic mass is 10.1. The van der Waals surface area contributed by atoms with E-state index in [1.165, 1.54) is 6.20 Å². The highest BCUT2D eigenvalue weighted by Crippen LogP contribution is 2.30. The van der Waals surface area contributed by atoms with Gasteiger partial charge in [-0.1, -0.05) is 12.2 Å². The number of hydrogen-bond acceptors (Lipinski definition) is 4. The molecule has 0 bridgehead atoms. The molecule has 0 aliphatic carbocycles. The molecule has 1 unspecified atom stereocenters. The average molecular weight is 250 g/mol. The van der Waals surface area contributed by atoms with Crippen LogP contribution in [0.1, 0.15) is 32.8 Å². The number of ether oxygens (including phenoxy) is 1. The topological polar surface area (TPSA) is 54.4 Å². The van der Waals surface area contributed by atoms with Gasteiger partial charge in [-0.25, -0.2) is 0 Å². The van der Waals surface area contributed by atoms with Gasteiger partial charge in [-0.15, -0.1) is 0 Å². The zero-order chi connectivity index (χ0) is 13.5. The van der Waals surface area contributed by atoms with Gasteiger partial charge in [-0.2, -0.15) is 0 Å². The molecule has 4 nitrogen and oxygen atoms in total. The lowest BCUT2D eigenvalue weighted by Crippen LogP contribution is -2.19. The Balaban J connectivity index is 2.77. The standard InChI is InChI=1S/C14H22N2O2/c1-10(2)18-13-9-16-8-12(14(13)17)7-5-6-11(3)15-4/h5,7-11,15H,6H2,1-4H3,(H,16,17). The normalized spacial score (nSPS) is 13.2. The maximum atomic E-state index is 10.0. The Hall–Kier alpha value is -1.55. The minimum absolute atomic E-state index is 0.0150. The summed E-state index contributed by atoms with van der Waals surface area (Å²) in [5, 5.41) is 13.2. The Morgan fingerprint density at radius 2 is 2.11 bits per heavy atom. The summed E-state index contributed by atoms with van der Waals surface area (Å²) in [6, 6.07) is 0.409. The van der Waals surface area contributed by atoms with Crippen LogP contribution < -0.4 is 10.1 Å². The van der Waals surface area contributed by atoms with Crippen LogP contribution in [0.4, 0.5) is 0 Å². The van der Waals surface area contributed by atoms with E-state index in [9.17, 15) is 5.11 Å². The van der Waals surface area contributed by atoms with Crippen molar-refractivity contribution in [1.82, 2.24) is 10.3 Å². The summed E-state index contributed by atoms with van der Waals surface area (Å²) in [6.45, 7) is 5.92. The molecule has 0 fully saturated rings. The largest absolute Gasteiger partial charge is 0.504 e. The maximum absolute atomic E-state index is 10.0. The first-order chi connectivity index (χ1) is 8.54. The highest BCUT2D eigenvalue weighted by Gasteiger charge is 2.08. The summed E-state index contributed by atoms with van der Waals surface area (Å²) >= 11 is 0. The van der Waals surface area contributed by atoms with Crippen molar-refractivity contribution in [1.29, 1.82) is 0 Å². The summed E-state index contributed by atoms with van der Waals surface area (Å²) in [7, 11) is 1.93. The molecule has 0 aliphatic rings. The molecule has 0 aliphatic heterocycles. The molecule has 0 spiro atoms. The van der Waals surface area contributed by atoms with Crippen molar-refractivity contribution in [3.8, 4) is 11.5 Å². The third-order valence-electron chi connectivity index (χ3n) is 2.55. The first-order valence-corrected chi connectivity index (χ1v) is 6.22. The van der Waals surface area contributed by atoms with Crippen LogP contribution in [0.15, 0.2) is 18.5 Å². The second-order valence-electron chi connectivity index (χ2n) is 4.57. The van der Waals surface area contributed by atoms with E-state index in [1.54, 1.807) is 6.20 Å². The fourth-order valence-corrected chi connectivity index (χ4v) is 1.43. The van der Waals surface area contributed by atoms with Crippen molar-refractivity contribution in [2.45, 2.75) is 39.3 Å². The van der Waals surface area contributed by atoms with Gasteiger partial charge in [0.2, 0.25) is 0 Å². The Labute approximate surface area is 109 Å². The Morgan fingerprint density at radius 1 is 1.39 bits per heavy atom. The summed E-state index contributed by atoms with van der Waals surface area (Å²) < 4.78 is 5.48. The van der Waals surface area contributed by atoms with E-state index in [0.29, 0.717) is 17.4 Å². The molecule has 4 heteroatoms. The van der Waals surface area contributed by atoms with Gasteiger partial charge in [0.25, 0.3) is 0 Å². The van der Waals surface area contributed by atoms with Crippen LogP contribution in [-0.2, 0) is 0 Å². The third-order valence-corrected chi connectivity index (χ3v) is 2.55. The van der Waals surface area contributed by atoms with Crippen molar-refractivity contribution in [3.05, 3.63) is 24.0 Å². The molecule has 1 heterocycles. The second-order valence-corrected chi connectivity index (χ2v) is 4.57. The lowest BCUT2D eigenvalue weighted by Gasteiger charge is -2.11. The number of pyridine rings is 1. The van der Waals surface area contributed by atoms with Gasteiger partial charge in [0.1, 0.15) is 0 Å². The Kier molecular flexibility index (Phi) is 5.65. The van der Waals surface area contributed by atoms with Crippen LogP contribution >= 0.6 is 0 Å². The van der Waals surface area contributed by atoms with Crippen molar-refractivity contribution >= 4 is 6.08 Å². The van der Waals surface area contributed by atoms with E-state index >= 15 is 0 Å². The van der Waals surface area contributed by atoms with Crippen molar-refractivity contribution in [2.75, 3.05) is 7.05 Å². The first kappa shape index (κ1) is 14.5. The first-order valence-electron chi connectivity index (χ1n) is 6.22. The van der Waals surface area contributed by atoms with Gasteiger partial charge in [-0.3, -0.25) is 4.98 Å². The molecule has 0 aromatic carbocycles. The lowest BCUT2D eigenvalue weighted by molar-refractivity contribution is 0.230. The smallest absolute Gasteiger partial charge is 0.180 e. The fourth-order valence-electron chi connectivity index (χ4n) is 1.43. The molecule has 0 saturated carbocycles. The van der Waals surface area contributed by atoms with Gasteiger partial charge in [0.05, 0.1) is 12.3 Å². The van der Waals surface area contributed by atoms with Crippen molar-refractivity contribution in [2.24, 2.45) is 0 Å². The Bertz CT molecular complexity index is 403. The molecule has 0 amide bonds. The summed E-state index contributed by atoms with van der Waals surface area (Å²) in [6.07, 6.45) is 7.94. The molecular formula is C14H22N2O2. The highest BCUT2D eigenvalue weighted by atomic mass is 16.5. The van der Waals surface area contributed by atoms with Gasteiger partial charge in [0, 0.05) is 17.8 Å². The molecule has 2 N–H and O–H groups in total. The average Bonchev–Trinajstić information content (AvgIpc) is 2.33. The zero-order valence-electron chi connectivity index (χ0n) is 11.5. The monoisotopic (exact) mass is 250 g/mol. The van der Waals surface area contributed by atoms with Crippen LogP contribution in [-0.4, -0.2) is 29.3 Å². The van der Waals surface area contributed by atoms with E-state index in [4.69, 9.17) is 4.74 Å². The van der Waals surface area contributed by atoms with E-state index in [-0.39, 0.29) is 11.9 Å². The van der Waals surface area contributed by atoms with Gasteiger partial charge < -0.3 is 15.2 Å². The predicted octanol–water partition coefficient (Wildman–Crippen LogP) is 2.59. The Morgan fingerprint density at radius 3 is 2.72 bits per heavy atom. The predicted molar refractivity (Wildman–Crippen MR) is 73.8 cm³/mol. The molecule has 1 aromatic heterocycles. The van der Waals surface area contributed by atoms with Crippen LogP contribution in [0.5, 0.6) is 11.5 Å². The minimum atomic E-state index is 0.0150. The highest BCUT2D eigenvalue weighted by molar-refractivity contribution is 5.60. The summed E-state index contributed by atoms with van der Waals surface area (Å²) in [5.74, 6) is 0.570. The molecule has 1 atom stereocenters. The number of nitrogens with zero attached hydrogens (tertiary/aromatic N) is 1. The quantitative estimate of drug-likeness (QED) is 0.814. The van der Waals surface area contributed by atoms with E-state index < -0.39 is 0 Å². The number of nitrogens with one attached hydrogen (secondary N) is 1. The number of rotatable bonds is 6. The molecule has 0 saturated heterocycles. The minimum Gasteiger partial charge on any atom is -0.504 e. The number of aromatic hydroxyl groups is 1. The van der Waals surface area contributed by atoms with Crippen molar-refractivity contribution in [3.63, 3.8) is 0 Å². The molecule has 1 rings (SSSR count). The second kappa shape index (κ2) is 7.01. The molecule has 1 aromatic rings. The van der Waals surface area contributed by atoms with Crippen LogP contribution in [0.2, 0.25) is 0 Å². The van der Waals surface area contributed by atoms with Gasteiger partial charge in [0.15, 0.2) is 11.5 Å². The maximum Gasteiger partial charge on any atom is 0.180 e. The van der Waals surface area contributed by atoms with E-state index in [0.717, 1.165) is 6.42 Å². The molecule has 18 heavy (non-hydrogen) atoms. The van der Waals surface area contributed by atoms with E-state index in [1.807, 2.05) is 33.0 Å². The summed E-state index contributed by atoms with van der Waals surface area (Å²) in [4.78, 5) is 4.06. The van der Waals surface area contributed by atoms with E-state index in [2.05, 4.69) is 17.2 Å².